The van der Waals surface area contributed by atoms with Crippen LogP contribution in [0.2, 0.25) is 0 Å². The number of oxime groups is 1. The van der Waals surface area contributed by atoms with Gasteiger partial charge in [0.25, 0.3) is 0 Å². The number of benzene rings is 4. The number of nitrogens with one attached hydrogen (secondary N) is 1. The Labute approximate surface area is 237 Å². The Morgan fingerprint density at radius 2 is 1.46 bits per heavy atom. The molecular weight excluding hydrogens is 514 g/mol. The van der Waals surface area contributed by atoms with Crippen LogP contribution in [0.15, 0.2) is 84.0 Å². The largest absolute Gasteiger partial charge is 0.508 e. The molecule has 1 saturated heterocycles. The van der Waals surface area contributed by atoms with Crippen molar-refractivity contribution in [1.82, 2.24) is 9.88 Å². The molecule has 3 N–H and O–H groups in total. The maximum absolute atomic E-state index is 13.7. The van der Waals surface area contributed by atoms with Gasteiger partial charge in [-0.15, -0.1) is 0 Å². The van der Waals surface area contributed by atoms with Crippen LogP contribution in [0.5, 0.6) is 5.75 Å². The molecule has 0 aliphatic carbocycles. The monoisotopic (exact) mass is 545 g/mol. The highest BCUT2D eigenvalue weighted by Gasteiger charge is 2.28. The molecule has 7 heteroatoms. The molecule has 1 aliphatic rings. The second kappa shape index (κ2) is 10.3. The van der Waals surface area contributed by atoms with E-state index in [4.69, 9.17) is 0 Å². The van der Waals surface area contributed by atoms with E-state index in [1.54, 1.807) is 18.2 Å². The summed E-state index contributed by atoms with van der Waals surface area (Å²) in [6.07, 6.45) is 0. The van der Waals surface area contributed by atoms with Crippen LogP contribution in [0.4, 0.5) is 0 Å². The van der Waals surface area contributed by atoms with Crippen molar-refractivity contribution in [1.29, 1.82) is 0 Å². The topological polar surface area (TPSA) is 104 Å². The van der Waals surface area contributed by atoms with Crippen LogP contribution in [0.25, 0.3) is 21.8 Å². The zero-order valence-electron chi connectivity index (χ0n) is 23.2. The molecule has 1 atom stereocenters. The van der Waals surface area contributed by atoms with Crippen molar-refractivity contribution in [2.75, 3.05) is 13.1 Å². The van der Waals surface area contributed by atoms with E-state index in [0.717, 1.165) is 46.0 Å². The van der Waals surface area contributed by atoms with E-state index in [0.29, 0.717) is 28.2 Å². The number of phenols is 1. The van der Waals surface area contributed by atoms with Crippen molar-refractivity contribution < 1.29 is 19.9 Å². The van der Waals surface area contributed by atoms with Crippen LogP contribution in [0, 0.1) is 19.8 Å². The number of Topliss-reactive ketones (excluding diaryl/α,β-unsaturated/α-hetero) is 1. The van der Waals surface area contributed by atoms with Gasteiger partial charge in [0.2, 0.25) is 5.78 Å². The lowest BCUT2D eigenvalue weighted by molar-refractivity contribution is 0.103. The predicted molar refractivity (Wildman–Crippen MR) is 161 cm³/mol. The minimum Gasteiger partial charge on any atom is -0.508 e. The summed E-state index contributed by atoms with van der Waals surface area (Å²) in [5.41, 5.74) is 5.74. The molecule has 1 aromatic heterocycles. The number of phenolic OH excluding ortho intramolecular Hbond substituents is 1. The van der Waals surface area contributed by atoms with Crippen LogP contribution in [-0.2, 0) is 0 Å². The molecule has 7 nitrogen and oxygen atoms in total. The molecular formula is C34H31N3O4. The number of nitrogens with zero attached hydrogens (tertiary/aromatic N) is 2. The highest BCUT2D eigenvalue weighted by Crippen LogP contribution is 2.37. The first-order valence-corrected chi connectivity index (χ1v) is 13.7. The summed E-state index contributed by atoms with van der Waals surface area (Å²) >= 11 is 0. The number of hydrogen-bond acceptors (Lipinski definition) is 6. The van der Waals surface area contributed by atoms with Crippen LogP contribution >= 0.6 is 0 Å². The van der Waals surface area contributed by atoms with Crippen LogP contribution in [0.3, 0.4) is 0 Å². The number of rotatable bonds is 7. The van der Waals surface area contributed by atoms with E-state index in [1.807, 2.05) is 62.4 Å². The average Bonchev–Trinajstić information content (AvgIpc) is 3.27. The first-order chi connectivity index (χ1) is 19.8. The summed E-state index contributed by atoms with van der Waals surface area (Å²) < 4.78 is 2.30. The molecule has 0 saturated carbocycles. The molecule has 0 radical (unpaired) electrons. The molecule has 1 aliphatic heterocycles. The number of hydrogen-bond donors (Lipinski definition) is 3. The van der Waals surface area contributed by atoms with Crippen LogP contribution < -0.4 is 5.32 Å². The Hall–Kier alpha value is -4.75. The Balaban J connectivity index is 1.51. The van der Waals surface area contributed by atoms with Gasteiger partial charge in [-0.1, -0.05) is 22.9 Å². The maximum Gasteiger partial charge on any atom is 0.215 e. The molecule has 0 amide bonds. The normalized spacial score (nSPS) is 14.8. The standard InChI is InChI=1S/C34H31N3O4/c1-19-4-5-20(2)27(14-19)32(36-41)34(40)24-9-13-31-29(16-24)28-15-23(33(39)22-6-10-26(38)11-7-22)8-12-30(28)37(31)21(3)25-17-35-18-25/h4-16,21,25,35,38,41H,17-18H2,1-3H3/b36-32-. The van der Waals surface area contributed by atoms with Crippen LogP contribution in [-0.4, -0.2) is 45.2 Å². The van der Waals surface area contributed by atoms with Gasteiger partial charge < -0.3 is 20.2 Å². The van der Waals surface area contributed by atoms with Gasteiger partial charge in [0.05, 0.1) is 0 Å². The fourth-order valence-electron chi connectivity index (χ4n) is 5.77. The van der Waals surface area contributed by atoms with Crippen molar-refractivity contribution >= 4 is 39.1 Å². The second-order valence-electron chi connectivity index (χ2n) is 11.0. The van der Waals surface area contributed by atoms with Crippen molar-refractivity contribution in [2.24, 2.45) is 11.1 Å². The number of ketones is 2. The number of carbonyl (C=O) groups is 2. The van der Waals surface area contributed by atoms with E-state index in [1.165, 1.54) is 12.1 Å². The molecule has 1 unspecified atom stereocenters. The van der Waals surface area contributed by atoms with Crippen molar-refractivity contribution in [3.63, 3.8) is 0 Å². The molecule has 0 bridgehead atoms. The number of aromatic nitrogens is 1. The van der Waals surface area contributed by atoms with Crippen molar-refractivity contribution in [3.8, 4) is 5.75 Å². The Bertz CT molecular complexity index is 1860. The zero-order chi connectivity index (χ0) is 28.8. The zero-order valence-corrected chi connectivity index (χ0v) is 23.2. The van der Waals surface area contributed by atoms with Gasteiger partial charge in [-0.05, 0) is 93.1 Å². The second-order valence-corrected chi connectivity index (χ2v) is 11.0. The van der Waals surface area contributed by atoms with Gasteiger partial charge in [-0.25, -0.2) is 0 Å². The molecule has 2 heterocycles. The molecule has 5 aromatic rings. The summed E-state index contributed by atoms with van der Waals surface area (Å²) in [5.74, 6) is 0.0340. The fourth-order valence-corrected chi connectivity index (χ4v) is 5.77. The molecule has 6 rings (SSSR count). The van der Waals surface area contributed by atoms with Gasteiger partial charge in [0.1, 0.15) is 5.75 Å². The third kappa shape index (κ3) is 4.58. The lowest BCUT2D eigenvalue weighted by Gasteiger charge is -2.34. The Kier molecular flexibility index (Phi) is 6.67. The molecule has 4 aromatic carbocycles. The minimum atomic E-state index is -0.378. The quantitative estimate of drug-likeness (QED) is 0.0979. The van der Waals surface area contributed by atoms with E-state index < -0.39 is 0 Å². The Morgan fingerprint density at radius 3 is 2.07 bits per heavy atom. The lowest BCUT2D eigenvalue weighted by Crippen LogP contribution is -2.45. The van der Waals surface area contributed by atoms with E-state index in [9.17, 15) is 19.9 Å². The highest BCUT2D eigenvalue weighted by atomic mass is 16.4. The lowest BCUT2D eigenvalue weighted by atomic mass is 9.94. The number of aryl methyl sites for hydroxylation is 2. The van der Waals surface area contributed by atoms with Gasteiger partial charge in [-0.3, -0.25) is 9.59 Å². The van der Waals surface area contributed by atoms with Crippen molar-refractivity contribution in [3.05, 3.63) is 112 Å². The van der Waals surface area contributed by atoms with Crippen molar-refractivity contribution in [2.45, 2.75) is 26.8 Å². The van der Waals surface area contributed by atoms with Gasteiger partial charge >= 0.3 is 0 Å². The van der Waals surface area contributed by atoms with Gasteiger partial charge in [0.15, 0.2) is 11.5 Å². The summed E-state index contributed by atoms with van der Waals surface area (Å²) in [7, 11) is 0. The number of aromatic hydroxyl groups is 1. The van der Waals surface area contributed by atoms with E-state index in [2.05, 4.69) is 22.0 Å². The summed E-state index contributed by atoms with van der Waals surface area (Å²) in [6.45, 7) is 7.88. The third-order valence-electron chi connectivity index (χ3n) is 8.32. The molecule has 0 spiro atoms. The smallest absolute Gasteiger partial charge is 0.215 e. The summed E-state index contributed by atoms with van der Waals surface area (Å²) in [5, 5.41) is 28.1. The number of fused-ring (bicyclic) bond motifs is 3. The average molecular weight is 546 g/mol. The molecule has 41 heavy (non-hydrogen) atoms. The first-order valence-electron chi connectivity index (χ1n) is 13.7. The molecule has 1 fully saturated rings. The third-order valence-corrected chi connectivity index (χ3v) is 8.32. The SMILES string of the molecule is Cc1ccc(C)c(/C(=N/O)C(=O)c2ccc3c(c2)c2cc(C(=O)c4ccc(O)cc4)ccc2n3C(C)C2CNC2)c1. The fraction of sp³-hybridized carbons (Fsp3) is 0.206. The first kappa shape index (κ1) is 26.5. The summed E-state index contributed by atoms with van der Waals surface area (Å²) in [4.78, 5) is 27.1. The maximum atomic E-state index is 13.7. The van der Waals surface area contributed by atoms with Gasteiger partial charge in [-0.2, -0.15) is 0 Å². The minimum absolute atomic E-state index is 0.00797. The molecule has 206 valence electrons. The summed E-state index contributed by atoms with van der Waals surface area (Å²) in [6, 6.07) is 23.4. The van der Waals surface area contributed by atoms with E-state index in [-0.39, 0.29) is 29.1 Å². The van der Waals surface area contributed by atoms with Crippen LogP contribution in [0.1, 0.15) is 55.9 Å². The predicted octanol–water partition coefficient (Wildman–Crippen LogP) is 6.19. The number of carbonyl (C=O) groups excluding carboxylic acids is 2. The Morgan fingerprint density at radius 1 is 0.854 bits per heavy atom. The highest BCUT2D eigenvalue weighted by molar-refractivity contribution is 6.51. The van der Waals surface area contributed by atoms with Gasteiger partial charge in [0, 0.05) is 69.1 Å². The van der Waals surface area contributed by atoms with E-state index >= 15 is 0 Å².